The normalized spacial score (nSPS) is 17.3. The van der Waals surface area contributed by atoms with E-state index in [1.807, 2.05) is 0 Å². The fraction of sp³-hybridized carbons (Fsp3) is 0.562. The predicted molar refractivity (Wildman–Crippen MR) is 93.2 cm³/mol. The molecule has 0 aliphatic carbocycles. The highest BCUT2D eigenvalue weighted by molar-refractivity contribution is 7.99. The summed E-state index contributed by atoms with van der Waals surface area (Å²) in [5, 5.41) is 6.37. The summed E-state index contributed by atoms with van der Waals surface area (Å²) >= 11 is 1.68. The van der Waals surface area contributed by atoms with Crippen LogP contribution in [0.15, 0.2) is 24.3 Å². The molecule has 118 valence electrons. The number of carbonyl (C=O) groups excluding carboxylic acids is 1. The van der Waals surface area contributed by atoms with Gasteiger partial charge in [0.25, 0.3) is 0 Å². The maximum absolute atomic E-state index is 11.7. The Labute approximate surface area is 138 Å². The van der Waals surface area contributed by atoms with Crippen LogP contribution in [0.25, 0.3) is 0 Å². The van der Waals surface area contributed by atoms with Crippen molar-refractivity contribution in [3.05, 3.63) is 35.4 Å². The minimum Gasteiger partial charge on any atom is -0.355 e. The quantitative estimate of drug-likeness (QED) is 0.808. The maximum atomic E-state index is 11.7. The zero-order valence-corrected chi connectivity index (χ0v) is 14.2. The standard InChI is InChI=1S/C16H24N2OS.ClH/c1-13-3-2-4-15(9-13)11-20-12-16(19)18-8-6-14-5-7-17-10-14;/h2-4,9,14,17H,5-8,10-12H2,1H3,(H,18,19);1H. The first-order valence-electron chi connectivity index (χ1n) is 7.35. The fourth-order valence-electron chi connectivity index (χ4n) is 2.49. The summed E-state index contributed by atoms with van der Waals surface area (Å²) in [6.07, 6.45) is 2.35. The van der Waals surface area contributed by atoms with Gasteiger partial charge in [-0.3, -0.25) is 4.79 Å². The lowest BCUT2D eigenvalue weighted by Gasteiger charge is -2.09. The molecule has 1 heterocycles. The number of rotatable bonds is 7. The molecule has 3 nitrogen and oxygen atoms in total. The molecule has 0 radical (unpaired) electrons. The number of aryl methyl sites for hydroxylation is 1. The van der Waals surface area contributed by atoms with E-state index in [0.29, 0.717) is 5.75 Å². The highest BCUT2D eigenvalue weighted by Crippen LogP contribution is 2.13. The van der Waals surface area contributed by atoms with Crippen molar-refractivity contribution >= 4 is 30.1 Å². The molecule has 1 aromatic carbocycles. The van der Waals surface area contributed by atoms with Crippen LogP contribution in [0.1, 0.15) is 24.0 Å². The van der Waals surface area contributed by atoms with Crippen LogP contribution < -0.4 is 10.6 Å². The van der Waals surface area contributed by atoms with Gasteiger partial charge in [0.2, 0.25) is 5.91 Å². The third kappa shape index (κ3) is 7.21. The summed E-state index contributed by atoms with van der Waals surface area (Å²) in [4.78, 5) is 11.7. The topological polar surface area (TPSA) is 41.1 Å². The fourth-order valence-corrected chi connectivity index (χ4v) is 3.30. The Morgan fingerprint density at radius 2 is 2.33 bits per heavy atom. The number of hydrogen-bond acceptors (Lipinski definition) is 3. The molecule has 1 aromatic rings. The molecule has 0 bridgehead atoms. The Morgan fingerprint density at radius 3 is 3.05 bits per heavy atom. The third-order valence-corrected chi connectivity index (χ3v) is 4.63. The molecule has 1 amide bonds. The monoisotopic (exact) mass is 328 g/mol. The van der Waals surface area contributed by atoms with Crippen molar-refractivity contribution in [3.63, 3.8) is 0 Å². The predicted octanol–water partition coefficient (Wildman–Crippen LogP) is 2.77. The van der Waals surface area contributed by atoms with E-state index in [0.717, 1.165) is 37.7 Å². The van der Waals surface area contributed by atoms with Crippen LogP contribution in [-0.4, -0.2) is 31.3 Å². The summed E-state index contributed by atoms with van der Waals surface area (Å²) in [5.41, 5.74) is 2.57. The van der Waals surface area contributed by atoms with Gasteiger partial charge >= 0.3 is 0 Å². The minimum absolute atomic E-state index is 0. The SMILES string of the molecule is Cc1cccc(CSCC(=O)NCCC2CCNC2)c1.Cl. The van der Waals surface area contributed by atoms with Crippen molar-refractivity contribution in [2.45, 2.75) is 25.5 Å². The molecule has 1 unspecified atom stereocenters. The number of benzene rings is 1. The lowest BCUT2D eigenvalue weighted by Crippen LogP contribution is -2.27. The van der Waals surface area contributed by atoms with Gasteiger partial charge in [-0.15, -0.1) is 24.2 Å². The molecule has 0 aromatic heterocycles. The van der Waals surface area contributed by atoms with Gasteiger partial charge in [-0.2, -0.15) is 0 Å². The molecular weight excluding hydrogens is 304 g/mol. The molecule has 2 rings (SSSR count). The smallest absolute Gasteiger partial charge is 0.230 e. The van der Waals surface area contributed by atoms with E-state index in [4.69, 9.17) is 0 Å². The number of nitrogens with one attached hydrogen (secondary N) is 2. The molecule has 2 N–H and O–H groups in total. The Bertz CT molecular complexity index is 436. The third-order valence-electron chi connectivity index (χ3n) is 3.62. The van der Waals surface area contributed by atoms with Gasteiger partial charge in [0, 0.05) is 12.3 Å². The van der Waals surface area contributed by atoms with Crippen LogP contribution in [0, 0.1) is 12.8 Å². The molecule has 5 heteroatoms. The van der Waals surface area contributed by atoms with E-state index < -0.39 is 0 Å². The van der Waals surface area contributed by atoms with Crippen LogP contribution in [0.4, 0.5) is 0 Å². The summed E-state index contributed by atoms with van der Waals surface area (Å²) in [6, 6.07) is 8.46. The van der Waals surface area contributed by atoms with Crippen LogP contribution in [0.5, 0.6) is 0 Å². The first kappa shape index (κ1) is 18.3. The van der Waals surface area contributed by atoms with E-state index in [1.54, 1.807) is 11.8 Å². The van der Waals surface area contributed by atoms with Crippen LogP contribution in [-0.2, 0) is 10.5 Å². The van der Waals surface area contributed by atoms with E-state index >= 15 is 0 Å². The highest BCUT2D eigenvalue weighted by atomic mass is 35.5. The molecule has 0 saturated carbocycles. The van der Waals surface area contributed by atoms with Gasteiger partial charge in [-0.1, -0.05) is 29.8 Å². The Kier molecular flexibility index (Phi) is 8.81. The first-order valence-corrected chi connectivity index (χ1v) is 8.50. The molecule has 0 spiro atoms. The highest BCUT2D eigenvalue weighted by Gasteiger charge is 2.13. The number of thioether (sulfide) groups is 1. The Hall–Kier alpha value is -0.710. The van der Waals surface area contributed by atoms with E-state index in [1.165, 1.54) is 17.5 Å². The van der Waals surface area contributed by atoms with Gasteiger partial charge < -0.3 is 10.6 Å². The van der Waals surface area contributed by atoms with Gasteiger partial charge in [-0.25, -0.2) is 0 Å². The molecule has 1 atom stereocenters. The number of halogens is 1. The van der Waals surface area contributed by atoms with Crippen molar-refractivity contribution in [2.75, 3.05) is 25.4 Å². The van der Waals surface area contributed by atoms with Crippen LogP contribution in [0.3, 0.4) is 0 Å². The van der Waals surface area contributed by atoms with E-state index in [-0.39, 0.29) is 18.3 Å². The Morgan fingerprint density at radius 1 is 1.48 bits per heavy atom. The molecule has 1 saturated heterocycles. The average Bonchev–Trinajstić information content (AvgIpc) is 2.92. The lowest BCUT2D eigenvalue weighted by atomic mass is 10.1. The van der Waals surface area contributed by atoms with Crippen LogP contribution in [0.2, 0.25) is 0 Å². The first-order chi connectivity index (χ1) is 9.74. The lowest BCUT2D eigenvalue weighted by molar-refractivity contribution is -0.118. The van der Waals surface area contributed by atoms with Crippen molar-refractivity contribution in [2.24, 2.45) is 5.92 Å². The second-order valence-electron chi connectivity index (χ2n) is 5.48. The maximum Gasteiger partial charge on any atom is 0.230 e. The van der Waals surface area contributed by atoms with Crippen molar-refractivity contribution in [1.82, 2.24) is 10.6 Å². The largest absolute Gasteiger partial charge is 0.355 e. The van der Waals surface area contributed by atoms with Gasteiger partial charge in [-0.05, 0) is 44.3 Å². The summed E-state index contributed by atoms with van der Waals surface area (Å²) in [5.74, 6) is 2.36. The van der Waals surface area contributed by atoms with Crippen LogP contribution >= 0.6 is 24.2 Å². The molecule has 1 aliphatic heterocycles. The zero-order chi connectivity index (χ0) is 14.2. The average molecular weight is 329 g/mol. The molecular formula is C16H25ClN2OS. The molecule has 21 heavy (non-hydrogen) atoms. The summed E-state index contributed by atoms with van der Waals surface area (Å²) in [7, 11) is 0. The summed E-state index contributed by atoms with van der Waals surface area (Å²) < 4.78 is 0. The minimum atomic E-state index is 0. The van der Waals surface area contributed by atoms with Crippen molar-refractivity contribution < 1.29 is 4.79 Å². The molecule has 1 aliphatic rings. The Balaban J connectivity index is 0.00000220. The van der Waals surface area contributed by atoms with Crippen molar-refractivity contribution in [3.8, 4) is 0 Å². The van der Waals surface area contributed by atoms with E-state index in [2.05, 4.69) is 41.8 Å². The number of carbonyl (C=O) groups is 1. The van der Waals surface area contributed by atoms with Gasteiger partial charge in [0.1, 0.15) is 0 Å². The van der Waals surface area contributed by atoms with Crippen molar-refractivity contribution in [1.29, 1.82) is 0 Å². The van der Waals surface area contributed by atoms with E-state index in [9.17, 15) is 4.79 Å². The van der Waals surface area contributed by atoms with Gasteiger partial charge in [0.05, 0.1) is 5.75 Å². The summed E-state index contributed by atoms with van der Waals surface area (Å²) in [6.45, 7) is 5.15. The zero-order valence-electron chi connectivity index (χ0n) is 12.6. The number of hydrogen-bond donors (Lipinski definition) is 2. The molecule has 1 fully saturated rings. The second-order valence-corrected chi connectivity index (χ2v) is 6.46. The van der Waals surface area contributed by atoms with Gasteiger partial charge in [0.15, 0.2) is 0 Å². The second kappa shape index (κ2) is 10.1. The number of amides is 1.